The lowest BCUT2D eigenvalue weighted by Crippen LogP contribution is -2.43. The van der Waals surface area contributed by atoms with Crippen molar-refractivity contribution in [2.45, 2.75) is 12.5 Å². The van der Waals surface area contributed by atoms with Crippen LogP contribution in [0.5, 0.6) is 5.75 Å². The Hall–Kier alpha value is -1.91. The Kier molecular flexibility index (Phi) is 5.87. The summed E-state index contributed by atoms with van der Waals surface area (Å²) in [4.78, 5) is 26.5. The Bertz CT molecular complexity index is 926. The van der Waals surface area contributed by atoms with E-state index in [0.717, 1.165) is 17.3 Å². The lowest BCUT2D eigenvalue weighted by molar-refractivity contribution is -0.129. The molecule has 2 aliphatic rings. The number of benzene rings is 1. The zero-order chi connectivity index (χ0) is 19.6. The smallest absolute Gasteiger partial charge is 0.266 e. The zero-order valence-corrected chi connectivity index (χ0v) is 17.0. The van der Waals surface area contributed by atoms with E-state index in [9.17, 15) is 18.0 Å². The van der Waals surface area contributed by atoms with E-state index in [4.69, 9.17) is 17.0 Å². The van der Waals surface area contributed by atoms with Crippen molar-refractivity contribution in [3.8, 4) is 5.75 Å². The van der Waals surface area contributed by atoms with E-state index < -0.39 is 21.8 Å². The van der Waals surface area contributed by atoms with Crippen LogP contribution in [0.1, 0.15) is 12.0 Å². The molecule has 2 heterocycles. The maximum atomic E-state index is 12.6. The van der Waals surface area contributed by atoms with Crippen molar-refractivity contribution in [3.63, 3.8) is 0 Å². The molecule has 2 saturated heterocycles. The molecule has 1 aromatic rings. The second-order valence-electron chi connectivity index (χ2n) is 6.18. The van der Waals surface area contributed by atoms with Crippen LogP contribution in [0, 0.1) is 0 Å². The summed E-state index contributed by atoms with van der Waals surface area (Å²) in [6.45, 7) is -0.232. The van der Waals surface area contributed by atoms with Crippen molar-refractivity contribution < 1.29 is 22.7 Å². The van der Waals surface area contributed by atoms with Gasteiger partial charge in [0.1, 0.15) is 16.6 Å². The van der Waals surface area contributed by atoms with E-state index in [2.05, 4.69) is 5.32 Å². The SMILES string of the molecule is COc1ccccc1/C=C1\SC(=S)N(CC(=O)NC2CCS(=O)(=O)C2)C1=O. The number of para-hydroxylation sites is 1. The van der Waals surface area contributed by atoms with Crippen LogP contribution >= 0.6 is 24.0 Å². The molecule has 1 atom stereocenters. The molecular weight excluding hydrogens is 408 g/mol. The number of ether oxygens (including phenoxy) is 1. The molecule has 7 nitrogen and oxygen atoms in total. The highest BCUT2D eigenvalue weighted by Gasteiger charge is 2.35. The minimum absolute atomic E-state index is 0.0646. The first kappa shape index (κ1) is 19.8. The highest BCUT2D eigenvalue weighted by Crippen LogP contribution is 2.34. The van der Waals surface area contributed by atoms with Gasteiger partial charge in [-0.1, -0.05) is 42.2 Å². The molecule has 0 aliphatic carbocycles. The van der Waals surface area contributed by atoms with Crippen LogP contribution in [0.3, 0.4) is 0 Å². The maximum absolute atomic E-state index is 12.6. The molecule has 0 saturated carbocycles. The largest absolute Gasteiger partial charge is 0.496 e. The molecule has 1 unspecified atom stereocenters. The minimum Gasteiger partial charge on any atom is -0.496 e. The molecule has 2 fully saturated rings. The van der Waals surface area contributed by atoms with Crippen LogP contribution in [0.2, 0.25) is 0 Å². The summed E-state index contributed by atoms with van der Waals surface area (Å²) in [5, 5.41) is 2.66. The van der Waals surface area contributed by atoms with Crippen LogP contribution in [0.15, 0.2) is 29.2 Å². The fourth-order valence-electron chi connectivity index (χ4n) is 2.89. The third-order valence-electron chi connectivity index (χ3n) is 4.20. The third-order valence-corrected chi connectivity index (χ3v) is 7.34. The van der Waals surface area contributed by atoms with Gasteiger partial charge in [0, 0.05) is 11.6 Å². The number of methoxy groups -OCH3 is 1. The van der Waals surface area contributed by atoms with Gasteiger partial charge in [-0.3, -0.25) is 14.5 Å². The number of hydrogen-bond donors (Lipinski definition) is 1. The van der Waals surface area contributed by atoms with Gasteiger partial charge in [0.05, 0.1) is 23.5 Å². The standard InChI is InChI=1S/C17H18N2O5S3/c1-24-13-5-3-2-4-11(13)8-14-16(21)19(17(25)26-14)9-15(20)18-12-6-7-27(22,23)10-12/h2-5,8,12H,6-7,9-10H2,1H3,(H,18,20)/b14-8-. The lowest BCUT2D eigenvalue weighted by Gasteiger charge is -2.16. The molecule has 0 aromatic heterocycles. The van der Waals surface area contributed by atoms with Gasteiger partial charge in [-0.05, 0) is 18.6 Å². The fourth-order valence-corrected chi connectivity index (χ4v) is 5.81. The Balaban J connectivity index is 1.67. The van der Waals surface area contributed by atoms with E-state index in [-0.39, 0.29) is 28.3 Å². The van der Waals surface area contributed by atoms with Gasteiger partial charge in [-0.2, -0.15) is 0 Å². The molecule has 2 amide bonds. The van der Waals surface area contributed by atoms with Gasteiger partial charge >= 0.3 is 0 Å². The van der Waals surface area contributed by atoms with Crippen molar-refractivity contribution in [1.82, 2.24) is 10.2 Å². The molecule has 1 aromatic carbocycles. The zero-order valence-electron chi connectivity index (χ0n) is 14.5. The average molecular weight is 427 g/mol. The normalized spacial score (nSPS) is 23.1. The monoisotopic (exact) mass is 426 g/mol. The predicted molar refractivity (Wildman–Crippen MR) is 108 cm³/mol. The number of carbonyl (C=O) groups excluding carboxylic acids is 2. The van der Waals surface area contributed by atoms with Crippen LogP contribution in [0.4, 0.5) is 0 Å². The number of sulfone groups is 1. The number of nitrogens with zero attached hydrogens (tertiary/aromatic N) is 1. The number of amides is 2. The second kappa shape index (κ2) is 7.99. The molecule has 3 rings (SSSR count). The molecule has 27 heavy (non-hydrogen) atoms. The van der Waals surface area contributed by atoms with Gasteiger partial charge in [-0.25, -0.2) is 8.42 Å². The summed E-state index contributed by atoms with van der Waals surface area (Å²) < 4.78 is 28.5. The number of rotatable bonds is 5. The number of carbonyl (C=O) groups is 2. The van der Waals surface area contributed by atoms with E-state index in [0.29, 0.717) is 17.1 Å². The molecule has 0 spiro atoms. The van der Waals surface area contributed by atoms with E-state index in [1.54, 1.807) is 19.3 Å². The summed E-state index contributed by atoms with van der Waals surface area (Å²) in [7, 11) is -1.54. The van der Waals surface area contributed by atoms with Gasteiger partial charge in [0.25, 0.3) is 5.91 Å². The molecule has 10 heteroatoms. The molecule has 144 valence electrons. The van der Waals surface area contributed by atoms with Gasteiger partial charge < -0.3 is 10.1 Å². The number of hydrogen-bond acceptors (Lipinski definition) is 7. The number of thiocarbonyl (C=S) groups is 1. The molecule has 0 radical (unpaired) electrons. The lowest BCUT2D eigenvalue weighted by atomic mass is 10.2. The molecule has 1 N–H and O–H groups in total. The Labute approximate surface area is 167 Å². The van der Waals surface area contributed by atoms with Gasteiger partial charge in [0.2, 0.25) is 5.91 Å². The molecular formula is C17H18N2O5S3. The Morgan fingerprint density at radius 2 is 2.19 bits per heavy atom. The first-order valence-corrected chi connectivity index (χ1v) is 11.2. The van der Waals surface area contributed by atoms with Crippen LogP contribution < -0.4 is 10.1 Å². The summed E-state index contributed by atoms with van der Waals surface area (Å²) in [6.07, 6.45) is 2.07. The first-order chi connectivity index (χ1) is 12.8. The van der Waals surface area contributed by atoms with Crippen LogP contribution in [0.25, 0.3) is 6.08 Å². The van der Waals surface area contributed by atoms with Gasteiger partial charge in [-0.15, -0.1) is 0 Å². The summed E-state index contributed by atoms with van der Waals surface area (Å²) >= 11 is 6.35. The van der Waals surface area contributed by atoms with Gasteiger partial charge in [0.15, 0.2) is 9.84 Å². The second-order valence-corrected chi connectivity index (χ2v) is 10.1. The maximum Gasteiger partial charge on any atom is 0.266 e. The van der Waals surface area contributed by atoms with E-state index in [1.165, 1.54) is 4.90 Å². The highest BCUT2D eigenvalue weighted by atomic mass is 32.2. The minimum atomic E-state index is -3.09. The van der Waals surface area contributed by atoms with Crippen molar-refractivity contribution in [2.75, 3.05) is 25.2 Å². The molecule has 2 aliphatic heterocycles. The summed E-state index contributed by atoms with van der Waals surface area (Å²) in [5.74, 6) is -0.147. The summed E-state index contributed by atoms with van der Waals surface area (Å²) in [6, 6.07) is 6.85. The quantitative estimate of drug-likeness (QED) is 0.559. The molecule has 0 bridgehead atoms. The van der Waals surface area contributed by atoms with Crippen molar-refractivity contribution in [2.24, 2.45) is 0 Å². The predicted octanol–water partition coefficient (Wildman–Crippen LogP) is 1.20. The Morgan fingerprint density at radius 1 is 1.44 bits per heavy atom. The topological polar surface area (TPSA) is 92.8 Å². The van der Waals surface area contributed by atoms with Crippen molar-refractivity contribution in [1.29, 1.82) is 0 Å². The van der Waals surface area contributed by atoms with E-state index in [1.807, 2.05) is 18.2 Å². The summed E-state index contributed by atoms with van der Waals surface area (Å²) in [5.41, 5.74) is 0.737. The van der Waals surface area contributed by atoms with Crippen LogP contribution in [-0.2, 0) is 19.4 Å². The van der Waals surface area contributed by atoms with Crippen molar-refractivity contribution >= 4 is 56.0 Å². The highest BCUT2D eigenvalue weighted by molar-refractivity contribution is 8.26. The third kappa shape index (κ3) is 4.69. The average Bonchev–Trinajstić information content (AvgIpc) is 3.08. The Morgan fingerprint density at radius 3 is 2.85 bits per heavy atom. The first-order valence-electron chi connectivity index (χ1n) is 8.17. The number of nitrogens with one attached hydrogen (secondary N) is 1. The number of thioether (sulfide) groups is 1. The van der Waals surface area contributed by atoms with Crippen molar-refractivity contribution in [3.05, 3.63) is 34.7 Å². The van der Waals surface area contributed by atoms with E-state index >= 15 is 0 Å². The van der Waals surface area contributed by atoms with Crippen LogP contribution in [-0.4, -0.2) is 60.7 Å². The fraction of sp³-hybridized carbons (Fsp3) is 0.353.